The van der Waals surface area contributed by atoms with E-state index in [9.17, 15) is 0 Å². The molecule has 0 spiro atoms. The molecule has 176 valence electrons. The standard InChI is InChI=1S/C28H27N5O2/c1-34-27-15-23-24(31-22-7-6-20-17-30-32-25(20)14-22)8-10-29-26(23)16-28(27)35-13-12-33-11-9-19-4-2-3-5-21(19)18-33/h2-8,10,14-17H,9,11-13,18H2,1H3,(H,29,31)(H,30,32). The fourth-order valence-corrected chi connectivity index (χ4v) is 4.73. The molecule has 0 atom stereocenters. The minimum atomic E-state index is 0.589. The molecule has 0 fully saturated rings. The van der Waals surface area contributed by atoms with E-state index in [1.165, 1.54) is 11.1 Å². The SMILES string of the molecule is COc1cc2c(Nc3ccc4cn[nH]c4c3)ccnc2cc1OCCN1CCc2ccccc2C1. The molecule has 0 saturated heterocycles. The van der Waals surface area contributed by atoms with Gasteiger partial charge in [0.05, 0.1) is 24.3 Å². The second-order valence-electron chi connectivity index (χ2n) is 8.82. The van der Waals surface area contributed by atoms with Gasteiger partial charge in [-0.1, -0.05) is 24.3 Å². The Morgan fingerprint density at radius 3 is 2.86 bits per heavy atom. The number of benzene rings is 3. The molecule has 5 aromatic rings. The van der Waals surface area contributed by atoms with E-state index in [0.717, 1.165) is 59.2 Å². The minimum Gasteiger partial charge on any atom is -0.493 e. The smallest absolute Gasteiger partial charge is 0.163 e. The Bertz CT molecular complexity index is 1500. The number of anilines is 2. The van der Waals surface area contributed by atoms with Gasteiger partial charge in [-0.2, -0.15) is 5.10 Å². The maximum atomic E-state index is 6.19. The third-order valence-corrected chi connectivity index (χ3v) is 6.62. The molecule has 2 N–H and O–H groups in total. The van der Waals surface area contributed by atoms with Crippen LogP contribution in [-0.2, 0) is 13.0 Å². The number of rotatable bonds is 7. The van der Waals surface area contributed by atoms with Gasteiger partial charge in [-0.05, 0) is 47.9 Å². The molecule has 3 aromatic carbocycles. The van der Waals surface area contributed by atoms with Crippen LogP contribution in [0.5, 0.6) is 11.5 Å². The van der Waals surface area contributed by atoms with Crippen molar-refractivity contribution in [2.24, 2.45) is 0 Å². The van der Waals surface area contributed by atoms with E-state index >= 15 is 0 Å². The third-order valence-electron chi connectivity index (χ3n) is 6.62. The number of methoxy groups -OCH3 is 1. The summed E-state index contributed by atoms with van der Waals surface area (Å²) in [6.45, 7) is 3.47. The molecule has 35 heavy (non-hydrogen) atoms. The number of aromatic nitrogens is 3. The molecule has 6 rings (SSSR count). The first kappa shape index (κ1) is 21.4. The second kappa shape index (κ2) is 9.27. The second-order valence-corrected chi connectivity index (χ2v) is 8.82. The highest BCUT2D eigenvalue weighted by atomic mass is 16.5. The molecular weight excluding hydrogens is 438 g/mol. The number of pyridine rings is 1. The molecule has 0 unspecified atom stereocenters. The van der Waals surface area contributed by atoms with Crippen molar-refractivity contribution in [2.45, 2.75) is 13.0 Å². The maximum Gasteiger partial charge on any atom is 0.163 e. The molecule has 7 nitrogen and oxygen atoms in total. The van der Waals surface area contributed by atoms with Crippen molar-refractivity contribution >= 4 is 33.2 Å². The van der Waals surface area contributed by atoms with Crippen LogP contribution >= 0.6 is 0 Å². The maximum absolute atomic E-state index is 6.19. The summed E-state index contributed by atoms with van der Waals surface area (Å²) in [5, 5.41) is 12.7. The first-order chi connectivity index (χ1) is 17.3. The van der Waals surface area contributed by atoms with E-state index in [-0.39, 0.29) is 0 Å². The summed E-state index contributed by atoms with van der Waals surface area (Å²) in [5.41, 5.74) is 6.63. The van der Waals surface area contributed by atoms with E-state index < -0.39 is 0 Å². The van der Waals surface area contributed by atoms with E-state index in [1.54, 1.807) is 13.3 Å². The normalized spacial score (nSPS) is 13.6. The highest BCUT2D eigenvalue weighted by molar-refractivity contribution is 5.95. The number of nitrogens with one attached hydrogen (secondary N) is 2. The summed E-state index contributed by atoms with van der Waals surface area (Å²) >= 11 is 0. The van der Waals surface area contributed by atoms with Gasteiger partial charge in [0.25, 0.3) is 0 Å². The fourth-order valence-electron chi connectivity index (χ4n) is 4.73. The summed E-state index contributed by atoms with van der Waals surface area (Å²) in [7, 11) is 1.67. The van der Waals surface area contributed by atoms with Crippen molar-refractivity contribution in [1.82, 2.24) is 20.1 Å². The molecule has 0 saturated carbocycles. The lowest BCUT2D eigenvalue weighted by atomic mass is 10.0. The van der Waals surface area contributed by atoms with Gasteiger partial charge < -0.3 is 14.8 Å². The van der Waals surface area contributed by atoms with Crippen LogP contribution in [0, 0.1) is 0 Å². The van der Waals surface area contributed by atoms with E-state index in [2.05, 4.69) is 49.7 Å². The molecule has 0 radical (unpaired) electrons. The predicted molar refractivity (Wildman–Crippen MR) is 139 cm³/mol. The number of hydrogen-bond donors (Lipinski definition) is 2. The summed E-state index contributed by atoms with van der Waals surface area (Å²) < 4.78 is 11.9. The van der Waals surface area contributed by atoms with Crippen LogP contribution in [0.3, 0.4) is 0 Å². The Balaban J connectivity index is 1.18. The van der Waals surface area contributed by atoms with Crippen LogP contribution in [-0.4, -0.2) is 46.9 Å². The monoisotopic (exact) mass is 465 g/mol. The number of ether oxygens (including phenoxy) is 2. The zero-order valence-electron chi connectivity index (χ0n) is 19.6. The van der Waals surface area contributed by atoms with E-state index in [0.29, 0.717) is 18.1 Å². The van der Waals surface area contributed by atoms with Crippen LogP contribution in [0.1, 0.15) is 11.1 Å². The van der Waals surface area contributed by atoms with E-state index in [4.69, 9.17) is 9.47 Å². The Labute approximate surface area is 203 Å². The minimum absolute atomic E-state index is 0.589. The number of nitrogens with zero attached hydrogens (tertiary/aromatic N) is 3. The van der Waals surface area contributed by atoms with Gasteiger partial charge in [0.2, 0.25) is 0 Å². The quantitative estimate of drug-likeness (QED) is 0.340. The van der Waals surface area contributed by atoms with Crippen molar-refractivity contribution in [3.63, 3.8) is 0 Å². The topological polar surface area (TPSA) is 75.3 Å². The van der Waals surface area contributed by atoms with Gasteiger partial charge in [0.1, 0.15) is 6.61 Å². The van der Waals surface area contributed by atoms with Gasteiger partial charge in [-0.3, -0.25) is 15.0 Å². The van der Waals surface area contributed by atoms with E-state index in [1.807, 2.05) is 42.6 Å². The number of aromatic amines is 1. The van der Waals surface area contributed by atoms with Gasteiger partial charge in [-0.25, -0.2) is 0 Å². The van der Waals surface area contributed by atoms with Crippen LogP contribution in [0.25, 0.3) is 21.8 Å². The van der Waals surface area contributed by atoms with Crippen LogP contribution in [0.4, 0.5) is 11.4 Å². The molecule has 7 heteroatoms. The van der Waals surface area contributed by atoms with Crippen molar-refractivity contribution in [3.05, 3.63) is 84.2 Å². The predicted octanol–water partition coefficient (Wildman–Crippen LogP) is 5.30. The Morgan fingerprint density at radius 1 is 1.03 bits per heavy atom. The highest BCUT2D eigenvalue weighted by Crippen LogP contribution is 2.36. The Kier molecular flexibility index (Phi) is 5.68. The van der Waals surface area contributed by atoms with Crippen molar-refractivity contribution in [2.75, 3.05) is 32.1 Å². The molecule has 2 aromatic heterocycles. The summed E-state index contributed by atoms with van der Waals surface area (Å²) in [6, 6.07) is 20.7. The molecule has 0 aliphatic carbocycles. The van der Waals surface area contributed by atoms with Gasteiger partial charge >= 0.3 is 0 Å². The van der Waals surface area contributed by atoms with Crippen molar-refractivity contribution in [3.8, 4) is 11.5 Å². The Hall–Kier alpha value is -4.10. The first-order valence-electron chi connectivity index (χ1n) is 11.9. The van der Waals surface area contributed by atoms with Crippen LogP contribution < -0.4 is 14.8 Å². The fraction of sp³-hybridized carbons (Fsp3) is 0.214. The van der Waals surface area contributed by atoms with Gasteiger partial charge in [0.15, 0.2) is 11.5 Å². The molecular formula is C28H27N5O2. The van der Waals surface area contributed by atoms with Crippen molar-refractivity contribution in [1.29, 1.82) is 0 Å². The molecule has 1 aliphatic rings. The first-order valence-corrected chi connectivity index (χ1v) is 11.9. The van der Waals surface area contributed by atoms with Crippen LogP contribution in [0.15, 0.2) is 73.1 Å². The molecule has 1 aliphatic heterocycles. The zero-order valence-corrected chi connectivity index (χ0v) is 19.6. The van der Waals surface area contributed by atoms with Gasteiger partial charge in [0, 0.05) is 54.0 Å². The lowest BCUT2D eigenvalue weighted by molar-refractivity contribution is 0.193. The summed E-state index contributed by atoms with van der Waals surface area (Å²) in [4.78, 5) is 7.02. The lowest BCUT2D eigenvalue weighted by Crippen LogP contribution is -2.33. The van der Waals surface area contributed by atoms with Crippen LogP contribution in [0.2, 0.25) is 0 Å². The molecule has 0 bridgehead atoms. The number of fused-ring (bicyclic) bond motifs is 3. The average Bonchev–Trinajstić information content (AvgIpc) is 3.36. The number of H-pyrrole nitrogens is 1. The summed E-state index contributed by atoms with van der Waals surface area (Å²) in [5.74, 6) is 1.41. The Morgan fingerprint density at radius 2 is 1.94 bits per heavy atom. The average molecular weight is 466 g/mol. The van der Waals surface area contributed by atoms with Crippen molar-refractivity contribution < 1.29 is 9.47 Å². The number of hydrogen-bond acceptors (Lipinski definition) is 6. The third kappa shape index (κ3) is 4.38. The zero-order chi connectivity index (χ0) is 23.6. The lowest BCUT2D eigenvalue weighted by Gasteiger charge is -2.28. The molecule has 3 heterocycles. The highest BCUT2D eigenvalue weighted by Gasteiger charge is 2.16. The largest absolute Gasteiger partial charge is 0.493 e. The van der Waals surface area contributed by atoms with Gasteiger partial charge in [-0.15, -0.1) is 0 Å². The summed E-state index contributed by atoms with van der Waals surface area (Å²) in [6.07, 6.45) is 4.71. The molecule has 0 amide bonds.